The van der Waals surface area contributed by atoms with Crippen molar-refractivity contribution in [1.29, 1.82) is 0 Å². The molecule has 0 saturated heterocycles. The summed E-state index contributed by atoms with van der Waals surface area (Å²) in [6.45, 7) is 4.81. The van der Waals surface area contributed by atoms with Gasteiger partial charge in [0.1, 0.15) is 0 Å². The number of halogens is 1. The van der Waals surface area contributed by atoms with Crippen LogP contribution < -0.4 is 10.6 Å². The summed E-state index contributed by atoms with van der Waals surface area (Å²) in [7, 11) is 3.55. The molecule has 7 heteroatoms. The number of nitrogens with zero attached hydrogens (tertiary/aromatic N) is 2. The quantitative estimate of drug-likeness (QED) is 0.254. The lowest BCUT2D eigenvalue weighted by atomic mass is 10.2. The van der Waals surface area contributed by atoms with Crippen LogP contribution in [0.5, 0.6) is 0 Å². The Morgan fingerprint density at radius 3 is 2.68 bits per heavy atom. The molecule has 0 bridgehead atoms. The van der Waals surface area contributed by atoms with Crippen LogP contribution in [-0.4, -0.2) is 44.8 Å². The van der Waals surface area contributed by atoms with E-state index in [0.717, 1.165) is 51.3 Å². The van der Waals surface area contributed by atoms with E-state index in [1.807, 2.05) is 6.20 Å². The largest absolute Gasteiger partial charge is 0.385 e. The third-order valence-electron chi connectivity index (χ3n) is 3.12. The molecule has 0 aliphatic heterocycles. The van der Waals surface area contributed by atoms with Gasteiger partial charge in [0.05, 0.1) is 5.01 Å². The Labute approximate surface area is 155 Å². The topological polar surface area (TPSA) is 58.5 Å². The van der Waals surface area contributed by atoms with Crippen molar-refractivity contribution < 1.29 is 4.74 Å². The monoisotopic (exact) mass is 440 g/mol. The number of guanidine groups is 1. The third-order valence-corrected chi connectivity index (χ3v) is 4.32. The van der Waals surface area contributed by atoms with E-state index in [2.05, 4.69) is 27.5 Å². The molecular weight excluding hydrogens is 411 g/mol. The van der Waals surface area contributed by atoms with E-state index in [1.54, 1.807) is 25.5 Å². The second kappa shape index (κ2) is 14.2. The zero-order chi connectivity index (χ0) is 15.3. The van der Waals surface area contributed by atoms with E-state index in [1.165, 1.54) is 16.3 Å². The predicted molar refractivity (Wildman–Crippen MR) is 106 cm³/mol. The van der Waals surface area contributed by atoms with Gasteiger partial charge in [-0.25, -0.2) is 4.98 Å². The van der Waals surface area contributed by atoms with Crippen LogP contribution in [0.25, 0.3) is 0 Å². The Morgan fingerprint density at radius 1 is 1.27 bits per heavy atom. The Balaban J connectivity index is 0.00000441. The highest BCUT2D eigenvalue weighted by atomic mass is 127. The highest BCUT2D eigenvalue weighted by Gasteiger charge is 2.01. The number of hydrogen-bond acceptors (Lipinski definition) is 4. The van der Waals surface area contributed by atoms with Crippen molar-refractivity contribution in [3.05, 3.63) is 16.1 Å². The summed E-state index contributed by atoms with van der Waals surface area (Å²) < 4.78 is 5.03. The highest BCUT2D eigenvalue weighted by molar-refractivity contribution is 14.0. The SMILES string of the molecule is CCc1cnc(CCNC(=NC)NCCCCCOC)s1.I. The number of thiazole rings is 1. The molecule has 5 nitrogen and oxygen atoms in total. The van der Waals surface area contributed by atoms with Crippen molar-refractivity contribution in [2.75, 3.05) is 33.9 Å². The van der Waals surface area contributed by atoms with Crippen LogP contribution in [0.4, 0.5) is 0 Å². The molecule has 2 N–H and O–H groups in total. The maximum atomic E-state index is 5.03. The fraction of sp³-hybridized carbons (Fsp3) is 0.733. The first kappa shape index (κ1) is 21.6. The number of nitrogens with one attached hydrogen (secondary N) is 2. The summed E-state index contributed by atoms with van der Waals surface area (Å²) in [5.74, 6) is 0.869. The van der Waals surface area contributed by atoms with Crippen LogP contribution >= 0.6 is 35.3 Å². The van der Waals surface area contributed by atoms with Gasteiger partial charge in [-0.1, -0.05) is 6.92 Å². The Bertz CT molecular complexity index is 412. The summed E-state index contributed by atoms with van der Waals surface area (Å²) in [6.07, 6.45) is 7.42. The maximum absolute atomic E-state index is 5.03. The average molecular weight is 440 g/mol. The Kier molecular flexibility index (Phi) is 13.9. The Hall–Kier alpha value is -0.410. The summed E-state index contributed by atoms with van der Waals surface area (Å²) in [4.78, 5) is 10.00. The van der Waals surface area contributed by atoms with Crippen molar-refractivity contribution in [2.24, 2.45) is 4.99 Å². The molecule has 0 aliphatic rings. The van der Waals surface area contributed by atoms with E-state index in [9.17, 15) is 0 Å². The van der Waals surface area contributed by atoms with Crippen LogP contribution in [0, 0.1) is 0 Å². The van der Waals surface area contributed by atoms with E-state index in [-0.39, 0.29) is 24.0 Å². The molecule has 0 spiro atoms. The normalized spacial score (nSPS) is 11.1. The van der Waals surface area contributed by atoms with E-state index in [4.69, 9.17) is 4.74 Å². The van der Waals surface area contributed by atoms with E-state index >= 15 is 0 Å². The predicted octanol–water partition coefficient (Wildman–Crippen LogP) is 2.85. The fourth-order valence-corrected chi connectivity index (χ4v) is 2.75. The standard InChI is InChI=1S/C15H28N4OS.HI/c1-4-13-12-19-14(21-13)8-10-18-15(16-2)17-9-6-5-7-11-20-3;/h12H,4-11H2,1-3H3,(H2,16,17,18);1H. The van der Waals surface area contributed by atoms with Crippen molar-refractivity contribution in [3.8, 4) is 0 Å². The number of methoxy groups -OCH3 is 1. The smallest absolute Gasteiger partial charge is 0.190 e. The molecule has 1 aromatic rings. The molecule has 0 aromatic carbocycles. The van der Waals surface area contributed by atoms with Gasteiger partial charge in [0.25, 0.3) is 0 Å². The van der Waals surface area contributed by atoms with Gasteiger partial charge in [0, 0.05) is 51.3 Å². The highest BCUT2D eigenvalue weighted by Crippen LogP contribution is 2.13. The van der Waals surface area contributed by atoms with Gasteiger partial charge in [-0.3, -0.25) is 4.99 Å². The van der Waals surface area contributed by atoms with Gasteiger partial charge in [-0.05, 0) is 25.7 Å². The molecule has 0 saturated carbocycles. The summed E-state index contributed by atoms with van der Waals surface area (Å²) in [5.41, 5.74) is 0. The average Bonchev–Trinajstić information content (AvgIpc) is 2.97. The summed E-state index contributed by atoms with van der Waals surface area (Å²) >= 11 is 1.80. The van der Waals surface area contributed by atoms with E-state index < -0.39 is 0 Å². The second-order valence-corrected chi connectivity index (χ2v) is 6.00. The maximum Gasteiger partial charge on any atom is 0.190 e. The molecule has 1 aromatic heterocycles. The lowest BCUT2D eigenvalue weighted by Crippen LogP contribution is -2.38. The first-order chi connectivity index (χ1) is 10.3. The molecule has 0 unspecified atom stereocenters. The first-order valence-electron chi connectivity index (χ1n) is 7.67. The van der Waals surface area contributed by atoms with Crippen molar-refractivity contribution in [1.82, 2.24) is 15.6 Å². The lowest BCUT2D eigenvalue weighted by molar-refractivity contribution is 0.192. The number of unbranched alkanes of at least 4 members (excludes halogenated alkanes) is 2. The third kappa shape index (κ3) is 9.58. The van der Waals surface area contributed by atoms with Crippen LogP contribution in [0.1, 0.15) is 36.1 Å². The van der Waals surface area contributed by atoms with Crippen molar-refractivity contribution in [2.45, 2.75) is 39.0 Å². The van der Waals surface area contributed by atoms with Crippen LogP contribution in [0.15, 0.2) is 11.2 Å². The molecule has 0 atom stereocenters. The van der Waals surface area contributed by atoms with Gasteiger partial charge in [0.15, 0.2) is 5.96 Å². The number of hydrogen-bond donors (Lipinski definition) is 2. The zero-order valence-electron chi connectivity index (χ0n) is 13.9. The fourth-order valence-electron chi connectivity index (χ4n) is 1.89. The summed E-state index contributed by atoms with van der Waals surface area (Å²) in [6, 6.07) is 0. The zero-order valence-corrected chi connectivity index (χ0v) is 17.0. The van der Waals surface area contributed by atoms with Gasteiger partial charge in [-0.15, -0.1) is 35.3 Å². The molecule has 0 fully saturated rings. The van der Waals surface area contributed by atoms with Gasteiger partial charge in [-0.2, -0.15) is 0 Å². The second-order valence-electron chi connectivity index (χ2n) is 4.80. The number of ether oxygens (including phenoxy) is 1. The number of aliphatic imine (C=N–C) groups is 1. The van der Waals surface area contributed by atoms with E-state index in [0.29, 0.717) is 0 Å². The van der Waals surface area contributed by atoms with Crippen LogP contribution in [-0.2, 0) is 17.6 Å². The Morgan fingerprint density at radius 2 is 2.05 bits per heavy atom. The van der Waals surface area contributed by atoms with Crippen molar-refractivity contribution >= 4 is 41.3 Å². The molecule has 1 heterocycles. The molecule has 128 valence electrons. The molecule has 0 aliphatic carbocycles. The number of aromatic nitrogens is 1. The number of rotatable bonds is 10. The minimum atomic E-state index is 0. The minimum Gasteiger partial charge on any atom is -0.385 e. The molecule has 0 amide bonds. The summed E-state index contributed by atoms with van der Waals surface area (Å²) in [5, 5.41) is 7.85. The van der Waals surface area contributed by atoms with Crippen LogP contribution in [0.3, 0.4) is 0 Å². The van der Waals surface area contributed by atoms with Crippen molar-refractivity contribution in [3.63, 3.8) is 0 Å². The number of aryl methyl sites for hydroxylation is 1. The van der Waals surface area contributed by atoms with Crippen LogP contribution in [0.2, 0.25) is 0 Å². The van der Waals surface area contributed by atoms with Gasteiger partial charge in [0.2, 0.25) is 0 Å². The minimum absolute atomic E-state index is 0. The molecule has 1 rings (SSSR count). The molecule has 22 heavy (non-hydrogen) atoms. The molecule has 0 radical (unpaired) electrons. The lowest BCUT2D eigenvalue weighted by Gasteiger charge is -2.11. The first-order valence-corrected chi connectivity index (χ1v) is 8.48. The van der Waals surface area contributed by atoms with Gasteiger partial charge < -0.3 is 15.4 Å². The molecular formula is C15H29IN4OS. The van der Waals surface area contributed by atoms with Gasteiger partial charge >= 0.3 is 0 Å².